The highest BCUT2D eigenvalue weighted by Gasteiger charge is 2.32. The molecule has 1 N–H and O–H groups in total. The summed E-state index contributed by atoms with van der Waals surface area (Å²) in [6, 6.07) is 0. The van der Waals surface area contributed by atoms with Gasteiger partial charge in [-0.2, -0.15) is 0 Å². The molecule has 1 heterocycles. The van der Waals surface area contributed by atoms with Gasteiger partial charge in [-0.15, -0.1) is 0 Å². The second kappa shape index (κ2) is 6.46. The van der Waals surface area contributed by atoms with Gasteiger partial charge in [0, 0.05) is 19.5 Å². The Bertz CT molecular complexity index is 316. The first-order chi connectivity index (χ1) is 9.72. The molecule has 0 aromatic carbocycles. The SMILES string of the molecule is CC(CC(=O)N(CC1CC1)CC1CC1)C1CCCNC1. The average Bonchev–Trinajstić information content (AvgIpc) is 3.34. The first kappa shape index (κ1) is 14.4. The summed E-state index contributed by atoms with van der Waals surface area (Å²) in [5.74, 6) is 3.32. The molecule has 3 rings (SSSR count). The average molecular weight is 278 g/mol. The zero-order chi connectivity index (χ0) is 13.9. The van der Waals surface area contributed by atoms with Gasteiger partial charge in [0.1, 0.15) is 0 Å². The van der Waals surface area contributed by atoms with Gasteiger partial charge in [0.25, 0.3) is 0 Å². The lowest BCUT2D eigenvalue weighted by Crippen LogP contribution is -2.38. The Hall–Kier alpha value is -0.570. The quantitative estimate of drug-likeness (QED) is 0.776. The van der Waals surface area contributed by atoms with E-state index in [9.17, 15) is 4.79 Å². The molecule has 1 amide bonds. The summed E-state index contributed by atoms with van der Waals surface area (Å²) < 4.78 is 0. The van der Waals surface area contributed by atoms with Crippen LogP contribution in [0.5, 0.6) is 0 Å². The molecule has 3 nitrogen and oxygen atoms in total. The topological polar surface area (TPSA) is 32.3 Å². The van der Waals surface area contributed by atoms with Crippen LogP contribution in [0.15, 0.2) is 0 Å². The van der Waals surface area contributed by atoms with E-state index in [0.29, 0.717) is 17.7 Å². The van der Waals surface area contributed by atoms with E-state index in [4.69, 9.17) is 0 Å². The Kier molecular flexibility index (Phi) is 4.65. The van der Waals surface area contributed by atoms with E-state index in [2.05, 4.69) is 17.1 Å². The van der Waals surface area contributed by atoms with Gasteiger partial charge in [-0.05, 0) is 75.3 Å². The lowest BCUT2D eigenvalue weighted by molar-refractivity contribution is -0.133. The van der Waals surface area contributed by atoms with Crippen LogP contribution in [0.2, 0.25) is 0 Å². The second-order valence-corrected chi connectivity index (χ2v) is 7.47. The van der Waals surface area contributed by atoms with Crippen molar-refractivity contribution in [3.05, 3.63) is 0 Å². The van der Waals surface area contributed by atoms with Gasteiger partial charge in [-0.1, -0.05) is 6.92 Å². The molecule has 20 heavy (non-hydrogen) atoms. The number of rotatable bonds is 7. The number of nitrogens with zero attached hydrogens (tertiary/aromatic N) is 1. The van der Waals surface area contributed by atoms with Gasteiger partial charge < -0.3 is 10.2 Å². The maximum Gasteiger partial charge on any atom is 0.222 e. The summed E-state index contributed by atoms with van der Waals surface area (Å²) in [4.78, 5) is 14.8. The molecular weight excluding hydrogens is 248 g/mol. The van der Waals surface area contributed by atoms with Crippen LogP contribution in [0.25, 0.3) is 0 Å². The van der Waals surface area contributed by atoms with E-state index in [1.165, 1.54) is 38.5 Å². The van der Waals surface area contributed by atoms with Crippen molar-refractivity contribution in [2.24, 2.45) is 23.7 Å². The first-order valence-electron chi connectivity index (χ1n) is 8.71. The van der Waals surface area contributed by atoms with Crippen LogP contribution < -0.4 is 5.32 Å². The Morgan fingerprint density at radius 1 is 1.15 bits per heavy atom. The summed E-state index contributed by atoms with van der Waals surface area (Å²) in [5, 5.41) is 3.48. The van der Waals surface area contributed by atoms with Gasteiger partial charge in [0.15, 0.2) is 0 Å². The van der Waals surface area contributed by atoms with Crippen LogP contribution in [0, 0.1) is 23.7 Å². The highest BCUT2D eigenvalue weighted by Crippen LogP contribution is 2.34. The minimum atomic E-state index is 0.432. The lowest BCUT2D eigenvalue weighted by Gasteiger charge is -2.30. The molecule has 0 bridgehead atoms. The van der Waals surface area contributed by atoms with Crippen LogP contribution >= 0.6 is 0 Å². The van der Waals surface area contributed by atoms with Crippen molar-refractivity contribution in [2.45, 2.75) is 51.9 Å². The Morgan fingerprint density at radius 3 is 2.30 bits per heavy atom. The fourth-order valence-electron chi connectivity index (χ4n) is 3.44. The number of piperidine rings is 1. The summed E-state index contributed by atoms with van der Waals surface area (Å²) >= 11 is 0. The van der Waals surface area contributed by atoms with Crippen molar-refractivity contribution in [2.75, 3.05) is 26.2 Å². The predicted octanol–water partition coefficient (Wildman–Crippen LogP) is 2.66. The maximum absolute atomic E-state index is 12.6. The lowest BCUT2D eigenvalue weighted by atomic mass is 9.85. The van der Waals surface area contributed by atoms with Crippen LogP contribution in [-0.4, -0.2) is 37.0 Å². The highest BCUT2D eigenvalue weighted by atomic mass is 16.2. The largest absolute Gasteiger partial charge is 0.342 e. The minimum absolute atomic E-state index is 0.432. The van der Waals surface area contributed by atoms with E-state index < -0.39 is 0 Å². The van der Waals surface area contributed by atoms with E-state index in [-0.39, 0.29) is 0 Å². The molecular formula is C17H30N2O. The van der Waals surface area contributed by atoms with E-state index in [0.717, 1.165) is 44.4 Å². The molecule has 1 aliphatic heterocycles. The Labute approximate surface area is 123 Å². The van der Waals surface area contributed by atoms with Gasteiger partial charge in [0.2, 0.25) is 5.91 Å². The van der Waals surface area contributed by atoms with E-state index in [1.807, 2.05) is 0 Å². The molecule has 0 aromatic heterocycles. The minimum Gasteiger partial charge on any atom is -0.342 e. The molecule has 0 radical (unpaired) electrons. The third-order valence-electron chi connectivity index (χ3n) is 5.34. The first-order valence-corrected chi connectivity index (χ1v) is 8.71. The van der Waals surface area contributed by atoms with Crippen LogP contribution in [0.4, 0.5) is 0 Å². The van der Waals surface area contributed by atoms with Crippen molar-refractivity contribution in [3.63, 3.8) is 0 Å². The third kappa shape index (κ3) is 4.21. The molecule has 3 heteroatoms. The van der Waals surface area contributed by atoms with Gasteiger partial charge >= 0.3 is 0 Å². The molecule has 0 aromatic rings. The summed E-state index contributed by atoms with van der Waals surface area (Å²) in [6.45, 7) is 6.64. The van der Waals surface area contributed by atoms with Gasteiger partial charge in [0.05, 0.1) is 0 Å². The molecule has 2 aliphatic carbocycles. The number of carbonyl (C=O) groups excluding carboxylic acids is 1. The molecule has 0 spiro atoms. The van der Waals surface area contributed by atoms with E-state index >= 15 is 0 Å². The van der Waals surface area contributed by atoms with Crippen molar-refractivity contribution >= 4 is 5.91 Å². The van der Waals surface area contributed by atoms with Gasteiger partial charge in [-0.25, -0.2) is 0 Å². The smallest absolute Gasteiger partial charge is 0.222 e. The van der Waals surface area contributed by atoms with Crippen LogP contribution in [-0.2, 0) is 4.79 Å². The van der Waals surface area contributed by atoms with Crippen LogP contribution in [0.3, 0.4) is 0 Å². The molecule has 114 valence electrons. The summed E-state index contributed by atoms with van der Waals surface area (Å²) in [6.07, 6.45) is 8.72. The standard InChI is InChI=1S/C17H30N2O/c1-13(16-3-2-8-18-10-16)9-17(20)19(11-14-4-5-14)12-15-6-7-15/h13-16,18H,2-12H2,1H3. The number of carbonyl (C=O) groups is 1. The second-order valence-electron chi connectivity index (χ2n) is 7.47. The number of amides is 1. The van der Waals surface area contributed by atoms with Crippen molar-refractivity contribution in [1.29, 1.82) is 0 Å². The fraction of sp³-hybridized carbons (Fsp3) is 0.941. The Balaban J connectivity index is 1.48. The van der Waals surface area contributed by atoms with Crippen molar-refractivity contribution in [3.8, 4) is 0 Å². The number of hydrogen-bond donors (Lipinski definition) is 1. The zero-order valence-corrected chi connectivity index (χ0v) is 12.9. The normalized spacial score (nSPS) is 28.1. The molecule has 3 fully saturated rings. The number of hydrogen-bond acceptors (Lipinski definition) is 2. The van der Waals surface area contributed by atoms with Crippen molar-refractivity contribution in [1.82, 2.24) is 10.2 Å². The van der Waals surface area contributed by atoms with E-state index in [1.54, 1.807) is 0 Å². The zero-order valence-electron chi connectivity index (χ0n) is 12.9. The molecule has 3 aliphatic rings. The summed E-state index contributed by atoms with van der Waals surface area (Å²) in [7, 11) is 0. The molecule has 2 saturated carbocycles. The molecule has 2 unspecified atom stereocenters. The fourth-order valence-corrected chi connectivity index (χ4v) is 3.44. The maximum atomic E-state index is 12.6. The molecule has 2 atom stereocenters. The predicted molar refractivity (Wildman–Crippen MR) is 81.4 cm³/mol. The number of nitrogens with one attached hydrogen (secondary N) is 1. The highest BCUT2D eigenvalue weighted by molar-refractivity contribution is 5.76. The summed E-state index contributed by atoms with van der Waals surface area (Å²) in [5.41, 5.74) is 0. The monoisotopic (exact) mass is 278 g/mol. The Morgan fingerprint density at radius 2 is 1.80 bits per heavy atom. The third-order valence-corrected chi connectivity index (χ3v) is 5.34. The van der Waals surface area contributed by atoms with Gasteiger partial charge in [-0.3, -0.25) is 4.79 Å². The molecule has 1 saturated heterocycles. The van der Waals surface area contributed by atoms with Crippen LogP contribution in [0.1, 0.15) is 51.9 Å². The van der Waals surface area contributed by atoms with Crippen molar-refractivity contribution < 1.29 is 4.79 Å².